The van der Waals surface area contributed by atoms with Gasteiger partial charge in [-0.2, -0.15) is 4.98 Å². The van der Waals surface area contributed by atoms with Crippen LogP contribution in [0.2, 0.25) is 0 Å². The van der Waals surface area contributed by atoms with E-state index < -0.39 is 0 Å². The smallest absolute Gasteiger partial charge is 0.237 e. The Morgan fingerprint density at radius 2 is 2.41 bits per heavy atom. The number of nitrogens with one attached hydrogen (secondary N) is 1. The molecule has 0 amide bonds. The predicted octanol–water partition coefficient (Wildman–Crippen LogP) is 2.12. The van der Waals surface area contributed by atoms with Gasteiger partial charge in [0, 0.05) is 6.54 Å². The average molecular weight is 269 g/mol. The van der Waals surface area contributed by atoms with Crippen LogP contribution in [0.4, 0.5) is 5.13 Å². The van der Waals surface area contributed by atoms with Crippen LogP contribution in [0.5, 0.6) is 0 Å². The van der Waals surface area contributed by atoms with Crippen molar-refractivity contribution in [3.8, 4) is 0 Å². The number of anilines is 1. The van der Waals surface area contributed by atoms with Gasteiger partial charge in [0.05, 0.1) is 5.75 Å². The molecule has 0 unspecified atom stereocenters. The van der Waals surface area contributed by atoms with Crippen LogP contribution in [-0.4, -0.2) is 26.9 Å². The van der Waals surface area contributed by atoms with E-state index in [2.05, 4.69) is 32.2 Å². The van der Waals surface area contributed by atoms with Crippen LogP contribution in [0.25, 0.3) is 0 Å². The first-order chi connectivity index (χ1) is 8.28. The van der Waals surface area contributed by atoms with Crippen LogP contribution in [0.1, 0.15) is 11.7 Å². The zero-order chi connectivity index (χ0) is 12.1. The summed E-state index contributed by atoms with van der Waals surface area (Å²) in [4.78, 5) is 4.11. The van der Waals surface area contributed by atoms with Crippen LogP contribution in [0.15, 0.2) is 21.5 Å². The molecule has 2 aromatic rings. The number of aryl methyl sites for hydroxylation is 1. The Morgan fingerprint density at radius 3 is 3.12 bits per heavy atom. The van der Waals surface area contributed by atoms with Crippen molar-refractivity contribution in [3.63, 3.8) is 0 Å². The summed E-state index contributed by atoms with van der Waals surface area (Å²) in [7, 11) is 0. The minimum atomic E-state index is 0.600. The molecule has 0 saturated heterocycles. The van der Waals surface area contributed by atoms with Crippen molar-refractivity contribution >= 4 is 28.2 Å². The molecule has 2 rings (SSSR count). The van der Waals surface area contributed by atoms with E-state index in [0.717, 1.165) is 9.47 Å². The lowest BCUT2D eigenvalue weighted by atomic mass is 10.6. The summed E-state index contributed by atoms with van der Waals surface area (Å²) in [5.41, 5.74) is 0. The highest BCUT2D eigenvalue weighted by Gasteiger charge is 2.07. The molecule has 6 nitrogen and oxygen atoms in total. The fraction of sp³-hybridized carbons (Fsp3) is 0.333. The molecule has 8 heteroatoms. The van der Waals surface area contributed by atoms with E-state index in [1.807, 2.05) is 0 Å². The monoisotopic (exact) mass is 269 g/mol. The maximum absolute atomic E-state index is 5.00. The Morgan fingerprint density at radius 1 is 1.53 bits per heavy atom. The minimum absolute atomic E-state index is 0.600. The van der Waals surface area contributed by atoms with Crippen molar-refractivity contribution in [1.29, 1.82) is 0 Å². The van der Waals surface area contributed by atoms with Crippen LogP contribution in [0.3, 0.4) is 0 Å². The van der Waals surface area contributed by atoms with Gasteiger partial charge >= 0.3 is 0 Å². The van der Waals surface area contributed by atoms with Gasteiger partial charge in [-0.1, -0.05) is 34.3 Å². The maximum atomic E-state index is 5.00. The Balaban J connectivity index is 1.86. The molecule has 0 aliphatic carbocycles. The largest absolute Gasteiger partial charge is 0.357 e. The molecule has 2 heterocycles. The Labute approximate surface area is 107 Å². The SMILES string of the molecule is C=CCNc1nnc(SCc2nc(C)no2)s1. The quantitative estimate of drug-likeness (QED) is 0.635. The van der Waals surface area contributed by atoms with E-state index in [9.17, 15) is 0 Å². The molecule has 17 heavy (non-hydrogen) atoms. The molecule has 0 spiro atoms. The highest BCUT2D eigenvalue weighted by atomic mass is 32.2. The number of rotatable bonds is 6. The summed E-state index contributed by atoms with van der Waals surface area (Å²) >= 11 is 3.01. The van der Waals surface area contributed by atoms with E-state index in [1.165, 1.54) is 23.1 Å². The zero-order valence-corrected chi connectivity index (χ0v) is 10.8. The molecule has 1 N–H and O–H groups in total. The lowest BCUT2D eigenvalue weighted by Gasteiger charge is -1.92. The fourth-order valence-corrected chi connectivity index (χ4v) is 2.62. The van der Waals surface area contributed by atoms with Crippen molar-refractivity contribution in [2.24, 2.45) is 0 Å². The molecule has 0 aliphatic heterocycles. The van der Waals surface area contributed by atoms with Gasteiger partial charge in [0.2, 0.25) is 11.0 Å². The van der Waals surface area contributed by atoms with Crippen molar-refractivity contribution in [2.45, 2.75) is 17.0 Å². The molecule has 2 aromatic heterocycles. The predicted molar refractivity (Wildman–Crippen MR) is 67.2 cm³/mol. The van der Waals surface area contributed by atoms with Gasteiger partial charge in [-0.3, -0.25) is 0 Å². The maximum Gasteiger partial charge on any atom is 0.237 e. The molecule has 0 fully saturated rings. The fourth-order valence-electron chi connectivity index (χ4n) is 1.02. The van der Waals surface area contributed by atoms with Crippen molar-refractivity contribution < 1.29 is 4.52 Å². The van der Waals surface area contributed by atoms with Gasteiger partial charge in [-0.15, -0.1) is 16.8 Å². The van der Waals surface area contributed by atoms with Gasteiger partial charge in [0.25, 0.3) is 0 Å². The summed E-state index contributed by atoms with van der Waals surface area (Å²) < 4.78 is 5.87. The van der Waals surface area contributed by atoms with E-state index in [4.69, 9.17) is 4.52 Å². The number of nitrogens with zero attached hydrogens (tertiary/aromatic N) is 4. The third-order valence-corrected chi connectivity index (χ3v) is 3.69. The average Bonchev–Trinajstić information content (AvgIpc) is 2.93. The standard InChI is InChI=1S/C9H11N5OS2/c1-3-4-10-8-12-13-9(17-8)16-5-7-11-6(2)14-15-7/h3H,1,4-5H2,2H3,(H,10,12). The Hall–Kier alpha value is -1.41. The number of hydrogen-bond acceptors (Lipinski definition) is 8. The third kappa shape index (κ3) is 3.53. The summed E-state index contributed by atoms with van der Waals surface area (Å²) in [6, 6.07) is 0. The van der Waals surface area contributed by atoms with Crippen LogP contribution in [0, 0.1) is 6.92 Å². The van der Waals surface area contributed by atoms with Gasteiger partial charge in [0.1, 0.15) is 0 Å². The van der Waals surface area contributed by atoms with Crippen molar-refractivity contribution in [1.82, 2.24) is 20.3 Å². The van der Waals surface area contributed by atoms with E-state index in [1.54, 1.807) is 13.0 Å². The first kappa shape index (κ1) is 12.1. The van der Waals surface area contributed by atoms with Gasteiger partial charge < -0.3 is 9.84 Å². The molecule has 0 bridgehead atoms. The van der Waals surface area contributed by atoms with Gasteiger partial charge in [-0.05, 0) is 6.92 Å². The second kappa shape index (κ2) is 5.78. The first-order valence-electron chi connectivity index (χ1n) is 4.88. The lowest BCUT2D eigenvalue weighted by molar-refractivity contribution is 0.387. The molecule has 0 aliphatic rings. The topological polar surface area (TPSA) is 76.7 Å². The van der Waals surface area contributed by atoms with Gasteiger partial charge in [0.15, 0.2) is 10.2 Å². The van der Waals surface area contributed by atoms with Crippen molar-refractivity contribution in [2.75, 3.05) is 11.9 Å². The van der Waals surface area contributed by atoms with Crippen LogP contribution in [-0.2, 0) is 5.75 Å². The molecule has 0 radical (unpaired) electrons. The summed E-state index contributed by atoms with van der Waals surface area (Å²) in [6.45, 7) is 6.10. The van der Waals surface area contributed by atoms with E-state index in [-0.39, 0.29) is 0 Å². The van der Waals surface area contributed by atoms with Crippen molar-refractivity contribution in [3.05, 3.63) is 24.4 Å². The van der Waals surface area contributed by atoms with Gasteiger partial charge in [-0.25, -0.2) is 0 Å². The molecular formula is C9H11N5OS2. The summed E-state index contributed by atoms with van der Waals surface area (Å²) in [5, 5.41) is 15.6. The normalized spacial score (nSPS) is 10.4. The van der Waals surface area contributed by atoms with Crippen LogP contribution >= 0.6 is 23.1 Å². The molecule has 0 saturated carbocycles. The van der Waals surface area contributed by atoms with E-state index in [0.29, 0.717) is 24.0 Å². The minimum Gasteiger partial charge on any atom is -0.357 e. The Bertz CT molecular complexity index is 495. The third-order valence-electron chi connectivity index (χ3n) is 1.69. The second-order valence-electron chi connectivity index (χ2n) is 3.07. The highest BCUT2D eigenvalue weighted by molar-refractivity contribution is 8.00. The first-order valence-corrected chi connectivity index (χ1v) is 6.68. The number of thioether (sulfide) groups is 1. The summed E-state index contributed by atoms with van der Waals surface area (Å²) in [5.74, 6) is 1.85. The molecule has 0 atom stereocenters. The second-order valence-corrected chi connectivity index (χ2v) is 5.27. The zero-order valence-electron chi connectivity index (χ0n) is 9.21. The Kier molecular flexibility index (Phi) is 4.10. The van der Waals surface area contributed by atoms with Crippen LogP contribution < -0.4 is 5.32 Å². The number of hydrogen-bond donors (Lipinski definition) is 1. The molecule has 90 valence electrons. The van der Waals surface area contributed by atoms with E-state index >= 15 is 0 Å². The highest BCUT2D eigenvalue weighted by Crippen LogP contribution is 2.27. The number of aromatic nitrogens is 4. The molecular weight excluding hydrogens is 258 g/mol. The summed E-state index contributed by atoms with van der Waals surface area (Å²) in [6.07, 6.45) is 1.77. The molecule has 0 aromatic carbocycles. The lowest BCUT2D eigenvalue weighted by Crippen LogP contribution is -1.96.